The zero-order valence-corrected chi connectivity index (χ0v) is 11.3. The molecule has 0 amide bonds. The number of fused-ring (bicyclic) bond motifs is 3. The first-order valence-corrected chi connectivity index (χ1v) is 7.01. The van der Waals surface area contributed by atoms with Gasteiger partial charge in [-0.3, -0.25) is 0 Å². The molecule has 1 aliphatic rings. The van der Waals surface area contributed by atoms with E-state index in [-0.39, 0.29) is 0 Å². The highest BCUT2D eigenvalue weighted by Crippen LogP contribution is 2.40. The van der Waals surface area contributed by atoms with Crippen LogP contribution in [0.5, 0.6) is 0 Å². The molecule has 0 heterocycles. The Hall–Kier alpha value is -1.56. The maximum absolute atomic E-state index is 2.32. The van der Waals surface area contributed by atoms with Crippen molar-refractivity contribution in [3.63, 3.8) is 0 Å². The Balaban J connectivity index is 2.09. The van der Waals surface area contributed by atoms with Gasteiger partial charge in [0.15, 0.2) is 0 Å². The molecule has 0 saturated carbocycles. The lowest BCUT2D eigenvalue weighted by Gasteiger charge is -2.08. The van der Waals surface area contributed by atoms with Crippen molar-refractivity contribution in [2.75, 3.05) is 0 Å². The minimum absolute atomic E-state index is 1.13. The molecule has 0 nitrogen and oxygen atoms in total. The first kappa shape index (κ1) is 11.5. The minimum Gasteiger partial charge on any atom is -0.0654 e. The molecule has 0 atom stereocenters. The van der Waals surface area contributed by atoms with Crippen LogP contribution in [-0.2, 0) is 12.8 Å². The molecule has 92 valence electrons. The van der Waals surface area contributed by atoms with Crippen molar-refractivity contribution in [1.29, 1.82) is 0 Å². The van der Waals surface area contributed by atoms with E-state index in [9.17, 15) is 0 Å². The van der Waals surface area contributed by atoms with Crippen LogP contribution < -0.4 is 0 Å². The Morgan fingerprint density at radius 2 is 1.89 bits per heavy atom. The Morgan fingerprint density at radius 3 is 2.72 bits per heavy atom. The van der Waals surface area contributed by atoms with E-state index in [4.69, 9.17) is 0 Å². The summed E-state index contributed by atoms with van der Waals surface area (Å²) in [6.07, 6.45) is 4.93. The molecule has 0 aliphatic heterocycles. The normalized spacial score (nSPS) is 12.3. The summed E-state index contributed by atoms with van der Waals surface area (Å²) in [7, 11) is 0. The van der Waals surface area contributed by atoms with Crippen molar-refractivity contribution < 1.29 is 0 Å². The summed E-state index contributed by atoms with van der Waals surface area (Å²) < 4.78 is 0. The number of benzene rings is 2. The van der Waals surface area contributed by atoms with E-state index in [0.29, 0.717) is 0 Å². The smallest absolute Gasteiger partial charge is 0.00106 e. The van der Waals surface area contributed by atoms with Crippen LogP contribution in [0.1, 0.15) is 42.0 Å². The topological polar surface area (TPSA) is 0 Å². The molecule has 3 rings (SSSR count). The van der Waals surface area contributed by atoms with Gasteiger partial charge in [-0.05, 0) is 59.6 Å². The maximum atomic E-state index is 2.32. The van der Waals surface area contributed by atoms with E-state index in [0.717, 1.165) is 6.42 Å². The van der Waals surface area contributed by atoms with Crippen LogP contribution in [-0.4, -0.2) is 0 Å². The van der Waals surface area contributed by atoms with Crippen LogP contribution in [0, 0.1) is 6.92 Å². The lowest BCUT2D eigenvalue weighted by atomic mass is 9.96. The molecular formula is C18H20. The van der Waals surface area contributed by atoms with Gasteiger partial charge in [-0.2, -0.15) is 0 Å². The molecule has 0 heteroatoms. The number of unbranched alkanes of at least 4 members (excludes halogenated alkanes) is 1. The van der Waals surface area contributed by atoms with Crippen molar-refractivity contribution in [3.05, 3.63) is 58.7 Å². The molecule has 0 radical (unpaired) electrons. The summed E-state index contributed by atoms with van der Waals surface area (Å²) in [5.41, 5.74) is 9.04. The lowest BCUT2D eigenvalue weighted by molar-refractivity contribution is 0.790. The van der Waals surface area contributed by atoms with Gasteiger partial charge < -0.3 is 0 Å². The molecule has 1 aliphatic carbocycles. The second kappa shape index (κ2) is 4.61. The predicted octanol–water partition coefficient (Wildman–Crippen LogP) is 4.91. The van der Waals surface area contributed by atoms with E-state index in [1.165, 1.54) is 41.5 Å². The van der Waals surface area contributed by atoms with Crippen LogP contribution in [0.25, 0.3) is 11.1 Å². The van der Waals surface area contributed by atoms with Crippen molar-refractivity contribution >= 4 is 0 Å². The lowest BCUT2D eigenvalue weighted by Crippen LogP contribution is -1.92. The number of rotatable bonds is 3. The molecule has 2 aromatic rings. The van der Waals surface area contributed by atoms with E-state index >= 15 is 0 Å². The third kappa shape index (κ3) is 1.77. The van der Waals surface area contributed by atoms with Gasteiger partial charge in [0.1, 0.15) is 0 Å². The third-order valence-electron chi connectivity index (χ3n) is 4.07. The zero-order chi connectivity index (χ0) is 12.5. The van der Waals surface area contributed by atoms with Gasteiger partial charge in [0.05, 0.1) is 0 Å². The fourth-order valence-electron chi connectivity index (χ4n) is 3.13. The van der Waals surface area contributed by atoms with Gasteiger partial charge in [0.25, 0.3) is 0 Å². The minimum atomic E-state index is 1.13. The quantitative estimate of drug-likeness (QED) is 0.606. The molecule has 18 heavy (non-hydrogen) atoms. The van der Waals surface area contributed by atoms with Crippen LogP contribution >= 0.6 is 0 Å². The van der Waals surface area contributed by atoms with Crippen molar-refractivity contribution in [1.82, 2.24) is 0 Å². The van der Waals surface area contributed by atoms with Gasteiger partial charge in [0.2, 0.25) is 0 Å². The molecule has 0 bridgehead atoms. The van der Waals surface area contributed by atoms with Gasteiger partial charge in [0, 0.05) is 0 Å². The first-order valence-electron chi connectivity index (χ1n) is 7.01. The van der Waals surface area contributed by atoms with E-state index in [1.54, 1.807) is 11.1 Å². The molecule has 0 spiro atoms. The highest BCUT2D eigenvalue weighted by atomic mass is 14.2. The molecule has 0 saturated heterocycles. The van der Waals surface area contributed by atoms with Crippen molar-refractivity contribution in [2.45, 2.75) is 39.5 Å². The SMILES string of the molecule is CCCCc1cccc2c1Cc1cccc(C)c1-2. The fourth-order valence-corrected chi connectivity index (χ4v) is 3.13. The number of hydrogen-bond acceptors (Lipinski definition) is 0. The Kier molecular flexibility index (Phi) is 2.95. The largest absolute Gasteiger partial charge is 0.0654 e. The van der Waals surface area contributed by atoms with E-state index in [2.05, 4.69) is 50.2 Å². The van der Waals surface area contributed by atoms with Crippen LogP contribution in [0.15, 0.2) is 36.4 Å². The highest BCUT2D eigenvalue weighted by Gasteiger charge is 2.21. The Labute approximate surface area is 110 Å². The molecule has 2 aromatic carbocycles. The number of aryl methyl sites for hydroxylation is 2. The summed E-state index contributed by atoms with van der Waals surface area (Å²) in [5, 5.41) is 0. The van der Waals surface area contributed by atoms with Gasteiger partial charge >= 0.3 is 0 Å². The predicted molar refractivity (Wildman–Crippen MR) is 78.0 cm³/mol. The molecular weight excluding hydrogens is 216 g/mol. The van der Waals surface area contributed by atoms with Crippen LogP contribution in [0.3, 0.4) is 0 Å². The molecule has 0 N–H and O–H groups in total. The monoisotopic (exact) mass is 236 g/mol. The fraction of sp³-hybridized carbons (Fsp3) is 0.333. The summed E-state index contributed by atoms with van der Waals surface area (Å²) in [5.74, 6) is 0. The number of hydrogen-bond donors (Lipinski definition) is 0. The molecule has 0 fully saturated rings. The zero-order valence-electron chi connectivity index (χ0n) is 11.3. The van der Waals surface area contributed by atoms with E-state index in [1.807, 2.05) is 0 Å². The van der Waals surface area contributed by atoms with Crippen LogP contribution in [0.2, 0.25) is 0 Å². The van der Waals surface area contributed by atoms with Crippen molar-refractivity contribution in [2.24, 2.45) is 0 Å². The average molecular weight is 236 g/mol. The summed E-state index contributed by atoms with van der Waals surface area (Å²) >= 11 is 0. The van der Waals surface area contributed by atoms with Gasteiger partial charge in [-0.25, -0.2) is 0 Å². The summed E-state index contributed by atoms with van der Waals surface area (Å²) in [6, 6.07) is 13.5. The molecule has 0 unspecified atom stereocenters. The van der Waals surface area contributed by atoms with Gasteiger partial charge in [-0.15, -0.1) is 0 Å². The standard InChI is InChI=1S/C18H20/c1-3-4-8-14-9-6-11-16-17(14)12-15-10-5-7-13(2)18(15)16/h5-7,9-11H,3-4,8,12H2,1-2H3. The van der Waals surface area contributed by atoms with E-state index < -0.39 is 0 Å². The highest BCUT2D eigenvalue weighted by molar-refractivity contribution is 5.80. The maximum Gasteiger partial charge on any atom is -0.00106 e. The molecule has 0 aromatic heterocycles. The van der Waals surface area contributed by atoms with Crippen LogP contribution in [0.4, 0.5) is 0 Å². The Bertz CT molecular complexity index is 579. The van der Waals surface area contributed by atoms with Crippen molar-refractivity contribution in [3.8, 4) is 11.1 Å². The Morgan fingerprint density at radius 1 is 1.06 bits per heavy atom. The van der Waals surface area contributed by atoms with Gasteiger partial charge in [-0.1, -0.05) is 49.7 Å². The second-order valence-electron chi connectivity index (χ2n) is 5.33. The average Bonchev–Trinajstić information content (AvgIpc) is 2.76. The summed E-state index contributed by atoms with van der Waals surface area (Å²) in [4.78, 5) is 0. The second-order valence-corrected chi connectivity index (χ2v) is 5.33. The first-order chi connectivity index (χ1) is 8.81. The summed E-state index contributed by atoms with van der Waals surface area (Å²) in [6.45, 7) is 4.49. The third-order valence-corrected chi connectivity index (χ3v) is 4.07.